The smallest absolute Gasteiger partial charge is 0.221 e. The lowest BCUT2D eigenvalue weighted by Gasteiger charge is -2.11. The first-order valence-electron chi connectivity index (χ1n) is 6.61. The quantitative estimate of drug-likeness (QED) is 0.824. The van der Waals surface area contributed by atoms with Crippen LogP contribution in [0.5, 0.6) is 5.88 Å². The maximum absolute atomic E-state index is 5.73. The molecule has 0 saturated heterocycles. The number of rotatable bonds is 6. The number of aryl methyl sites for hydroxylation is 1. The van der Waals surface area contributed by atoms with E-state index in [-0.39, 0.29) is 0 Å². The first-order valence-corrected chi connectivity index (χ1v) is 7.14. The summed E-state index contributed by atoms with van der Waals surface area (Å²) in [7, 11) is 0. The van der Waals surface area contributed by atoms with E-state index in [2.05, 4.69) is 27.4 Å². The van der Waals surface area contributed by atoms with Crippen LogP contribution in [0.3, 0.4) is 0 Å². The molecule has 0 amide bonds. The van der Waals surface area contributed by atoms with Gasteiger partial charge in [0, 0.05) is 11.6 Å². The van der Waals surface area contributed by atoms with Gasteiger partial charge in [0.1, 0.15) is 12.1 Å². The molecule has 0 radical (unpaired) electrons. The number of anilines is 2. The van der Waals surface area contributed by atoms with Crippen LogP contribution in [-0.2, 0) is 6.42 Å². The summed E-state index contributed by atoms with van der Waals surface area (Å²) in [6, 6.07) is 8.16. The molecule has 0 atom stereocenters. The molecule has 0 bridgehead atoms. The highest BCUT2D eigenvalue weighted by Crippen LogP contribution is 2.24. The monoisotopic (exact) mass is 291 g/mol. The van der Waals surface area contributed by atoms with Crippen molar-refractivity contribution in [2.45, 2.75) is 20.3 Å². The van der Waals surface area contributed by atoms with Gasteiger partial charge in [0.2, 0.25) is 5.88 Å². The van der Waals surface area contributed by atoms with Crippen LogP contribution in [0.1, 0.15) is 18.1 Å². The van der Waals surface area contributed by atoms with Crippen LogP contribution < -0.4 is 10.1 Å². The number of aromatic nitrogens is 2. The lowest BCUT2D eigenvalue weighted by Crippen LogP contribution is -2.02. The van der Waals surface area contributed by atoms with Crippen LogP contribution in [0.4, 0.5) is 11.5 Å². The third-order valence-corrected chi connectivity index (χ3v) is 3.11. The molecular weight excluding hydrogens is 274 g/mol. The van der Waals surface area contributed by atoms with E-state index in [1.54, 1.807) is 0 Å². The van der Waals surface area contributed by atoms with Crippen molar-refractivity contribution < 1.29 is 4.74 Å². The second kappa shape index (κ2) is 7.10. The Hall–Kier alpha value is -1.81. The Morgan fingerprint density at radius 3 is 2.60 bits per heavy atom. The molecule has 1 N–H and O–H groups in total. The van der Waals surface area contributed by atoms with Crippen LogP contribution in [0.2, 0.25) is 0 Å². The fraction of sp³-hybridized carbons (Fsp3) is 0.333. The van der Waals surface area contributed by atoms with E-state index in [4.69, 9.17) is 16.3 Å². The van der Waals surface area contributed by atoms with Gasteiger partial charge in [-0.2, -0.15) is 0 Å². The number of nitrogens with one attached hydrogen (secondary N) is 1. The van der Waals surface area contributed by atoms with E-state index in [1.807, 2.05) is 26.0 Å². The molecule has 1 aromatic heterocycles. The van der Waals surface area contributed by atoms with E-state index in [0.29, 0.717) is 18.4 Å². The summed E-state index contributed by atoms with van der Waals surface area (Å²) in [6.07, 6.45) is 2.38. The Kier molecular flexibility index (Phi) is 5.18. The largest absolute Gasteiger partial charge is 0.478 e. The van der Waals surface area contributed by atoms with Crippen molar-refractivity contribution in [2.24, 2.45) is 0 Å². The van der Waals surface area contributed by atoms with Crippen LogP contribution in [0, 0.1) is 6.92 Å². The maximum atomic E-state index is 5.73. The first kappa shape index (κ1) is 14.6. The lowest BCUT2D eigenvalue weighted by molar-refractivity contribution is 0.324. The minimum Gasteiger partial charge on any atom is -0.478 e. The van der Waals surface area contributed by atoms with Gasteiger partial charge in [0.05, 0.1) is 12.2 Å². The van der Waals surface area contributed by atoms with Crippen molar-refractivity contribution in [3.05, 3.63) is 41.7 Å². The van der Waals surface area contributed by atoms with Gasteiger partial charge in [-0.05, 0) is 38.0 Å². The second-order valence-corrected chi connectivity index (χ2v) is 4.72. The van der Waals surface area contributed by atoms with Crippen molar-refractivity contribution in [3.8, 4) is 5.88 Å². The van der Waals surface area contributed by atoms with E-state index >= 15 is 0 Å². The molecule has 0 aliphatic carbocycles. The van der Waals surface area contributed by atoms with Crippen LogP contribution in [0.25, 0.3) is 0 Å². The van der Waals surface area contributed by atoms with E-state index in [9.17, 15) is 0 Å². The number of benzene rings is 1. The molecule has 106 valence electrons. The molecule has 0 unspecified atom stereocenters. The van der Waals surface area contributed by atoms with Crippen molar-refractivity contribution >= 4 is 23.1 Å². The predicted octanol–water partition coefficient (Wildman–Crippen LogP) is 3.71. The Balaban J connectivity index is 2.15. The fourth-order valence-corrected chi connectivity index (χ4v) is 2.06. The average Bonchev–Trinajstić information content (AvgIpc) is 2.46. The third kappa shape index (κ3) is 3.61. The Bertz CT molecular complexity index is 558. The highest BCUT2D eigenvalue weighted by Gasteiger charge is 2.07. The van der Waals surface area contributed by atoms with Gasteiger partial charge >= 0.3 is 0 Å². The molecule has 0 aliphatic rings. The highest BCUT2D eigenvalue weighted by molar-refractivity contribution is 6.17. The van der Waals surface area contributed by atoms with Gasteiger partial charge in [-0.25, -0.2) is 9.97 Å². The number of hydrogen-bond donors (Lipinski definition) is 1. The molecule has 5 heteroatoms. The molecule has 0 spiro atoms. The Morgan fingerprint density at radius 2 is 1.95 bits per heavy atom. The zero-order valence-electron chi connectivity index (χ0n) is 11.7. The standard InChI is InChI=1S/C15H18ClN3O/c1-3-20-15-11(2)14(17-10-18-15)19-13-6-4-12(5-7-13)8-9-16/h4-7,10H,3,8-9H2,1-2H3,(H,17,18,19). The summed E-state index contributed by atoms with van der Waals surface area (Å²) in [4.78, 5) is 8.37. The van der Waals surface area contributed by atoms with Gasteiger partial charge in [0.25, 0.3) is 0 Å². The summed E-state index contributed by atoms with van der Waals surface area (Å²) in [6.45, 7) is 4.46. The molecule has 2 aromatic rings. The predicted molar refractivity (Wildman–Crippen MR) is 82.1 cm³/mol. The highest BCUT2D eigenvalue weighted by atomic mass is 35.5. The molecule has 2 rings (SSSR count). The zero-order valence-corrected chi connectivity index (χ0v) is 12.4. The topological polar surface area (TPSA) is 47.0 Å². The zero-order chi connectivity index (χ0) is 14.4. The number of halogens is 1. The molecular formula is C15H18ClN3O. The number of hydrogen-bond acceptors (Lipinski definition) is 4. The number of ether oxygens (including phenoxy) is 1. The number of nitrogens with zero attached hydrogens (tertiary/aromatic N) is 2. The van der Waals surface area contributed by atoms with Crippen LogP contribution in [0.15, 0.2) is 30.6 Å². The molecule has 0 fully saturated rings. The summed E-state index contributed by atoms with van der Waals surface area (Å²) in [5, 5.41) is 3.28. The van der Waals surface area contributed by atoms with Crippen LogP contribution in [-0.4, -0.2) is 22.5 Å². The lowest BCUT2D eigenvalue weighted by atomic mass is 10.1. The SMILES string of the molecule is CCOc1ncnc(Nc2ccc(CCCl)cc2)c1C. The van der Waals surface area contributed by atoms with Crippen molar-refractivity contribution in [1.82, 2.24) is 9.97 Å². The fourth-order valence-electron chi connectivity index (χ4n) is 1.84. The van der Waals surface area contributed by atoms with Gasteiger partial charge in [-0.1, -0.05) is 12.1 Å². The summed E-state index contributed by atoms with van der Waals surface area (Å²) >= 11 is 5.73. The van der Waals surface area contributed by atoms with E-state index in [1.165, 1.54) is 11.9 Å². The molecule has 0 aliphatic heterocycles. The second-order valence-electron chi connectivity index (χ2n) is 4.35. The molecule has 0 saturated carbocycles. The summed E-state index contributed by atoms with van der Waals surface area (Å²) < 4.78 is 5.46. The molecule has 20 heavy (non-hydrogen) atoms. The maximum Gasteiger partial charge on any atom is 0.221 e. The van der Waals surface area contributed by atoms with Crippen molar-refractivity contribution in [2.75, 3.05) is 17.8 Å². The minimum atomic E-state index is 0.588. The van der Waals surface area contributed by atoms with Crippen molar-refractivity contribution in [3.63, 3.8) is 0 Å². The Morgan fingerprint density at radius 1 is 1.20 bits per heavy atom. The third-order valence-electron chi connectivity index (χ3n) is 2.92. The Labute approximate surface area is 124 Å². The first-order chi connectivity index (χ1) is 9.74. The van der Waals surface area contributed by atoms with Gasteiger partial charge in [0.15, 0.2) is 0 Å². The van der Waals surface area contributed by atoms with Crippen LogP contribution >= 0.6 is 11.6 Å². The molecule has 4 nitrogen and oxygen atoms in total. The average molecular weight is 292 g/mol. The summed E-state index contributed by atoms with van der Waals surface area (Å²) in [5.41, 5.74) is 3.10. The summed E-state index contributed by atoms with van der Waals surface area (Å²) in [5.74, 6) is 2.01. The van der Waals surface area contributed by atoms with E-state index < -0.39 is 0 Å². The van der Waals surface area contributed by atoms with Crippen molar-refractivity contribution in [1.29, 1.82) is 0 Å². The normalized spacial score (nSPS) is 10.3. The van der Waals surface area contributed by atoms with Gasteiger partial charge in [-0.15, -0.1) is 11.6 Å². The van der Waals surface area contributed by atoms with E-state index in [0.717, 1.165) is 23.5 Å². The minimum absolute atomic E-state index is 0.588. The van der Waals surface area contributed by atoms with Gasteiger partial charge in [-0.3, -0.25) is 0 Å². The number of alkyl halides is 1. The molecule has 1 heterocycles. The molecule has 1 aromatic carbocycles. The van der Waals surface area contributed by atoms with Gasteiger partial charge < -0.3 is 10.1 Å².